The summed E-state index contributed by atoms with van der Waals surface area (Å²) in [4.78, 5) is 0. The molecule has 0 radical (unpaired) electrons. The molecule has 2 nitrogen and oxygen atoms in total. The quantitative estimate of drug-likeness (QED) is 0.599. The van der Waals surface area contributed by atoms with Crippen LogP contribution >= 0.6 is 0 Å². The van der Waals surface area contributed by atoms with Gasteiger partial charge < -0.3 is 9.15 Å². The Labute approximate surface area is 69.7 Å². The van der Waals surface area contributed by atoms with Crippen molar-refractivity contribution in [2.24, 2.45) is 0 Å². The fourth-order valence-electron chi connectivity index (χ4n) is 1.42. The minimum Gasteiger partial charge on any atom is -0.471 e. The third kappa shape index (κ3) is 0.850. The molecule has 0 saturated carbocycles. The lowest BCUT2D eigenvalue weighted by Crippen LogP contribution is -1.77. The van der Waals surface area contributed by atoms with Gasteiger partial charge in [-0.2, -0.15) is 0 Å². The van der Waals surface area contributed by atoms with Gasteiger partial charge in [0.05, 0.1) is 19.1 Å². The summed E-state index contributed by atoms with van der Waals surface area (Å²) >= 11 is 0. The maximum Gasteiger partial charge on any atom is 0.106 e. The molecule has 1 aromatic carbocycles. The Hall–Kier alpha value is -1.28. The highest BCUT2D eigenvalue weighted by molar-refractivity contribution is 5.81. The highest BCUT2D eigenvalue weighted by Crippen LogP contribution is 2.31. The van der Waals surface area contributed by atoms with E-state index in [1.807, 2.05) is 0 Å². The van der Waals surface area contributed by atoms with E-state index in [0.717, 1.165) is 17.4 Å². The third-order valence-electron chi connectivity index (χ3n) is 2.21. The molecule has 2 heterocycles. The molecule has 1 aliphatic rings. The van der Waals surface area contributed by atoms with Crippen molar-refractivity contribution in [1.82, 2.24) is 0 Å². The molecule has 0 aliphatic carbocycles. The molecule has 1 unspecified atom stereocenters. The van der Waals surface area contributed by atoms with Crippen LogP contribution in [-0.2, 0) is 4.74 Å². The minimum atomic E-state index is 0.337. The van der Waals surface area contributed by atoms with Gasteiger partial charge >= 0.3 is 0 Å². The summed E-state index contributed by atoms with van der Waals surface area (Å²) in [6, 6.07) is 6.28. The first-order chi connectivity index (χ1) is 5.93. The standard InChI is InChI=1S/C10H8O2/c1-2-8-4-11-5-9(8)3-7(1)10-6-12-10/h1-5,10H,6H2. The number of fused-ring (bicyclic) bond motifs is 1. The first-order valence-electron chi connectivity index (χ1n) is 4.01. The van der Waals surface area contributed by atoms with Crippen molar-refractivity contribution in [3.8, 4) is 0 Å². The van der Waals surface area contributed by atoms with Gasteiger partial charge in [0, 0.05) is 10.8 Å². The molecule has 1 fully saturated rings. The Bertz CT molecular complexity index is 412. The van der Waals surface area contributed by atoms with Crippen molar-refractivity contribution in [1.29, 1.82) is 0 Å². The minimum absolute atomic E-state index is 0.337. The van der Waals surface area contributed by atoms with Crippen LogP contribution < -0.4 is 0 Å². The number of epoxide rings is 1. The van der Waals surface area contributed by atoms with Gasteiger partial charge in [-0.15, -0.1) is 0 Å². The molecule has 2 heteroatoms. The number of ether oxygens (including phenoxy) is 1. The molecule has 0 amide bonds. The van der Waals surface area contributed by atoms with E-state index >= 15 is 0 Å². The van der Waals surface area contributed by atoms with Gasteiger partial charge in [0.15, 0.2) is 0 Å². The number of furan rings is 1. The van der Waals surface area contributed by atoms with Crippen LogP contribution in [0.4, 0.5) is 0 Å². The zero-order chi connectivity index (χ0) is 7.97. The predicted octanol–water partition coefficient (Wildman–Crippen LogP) is 2.50. The second-order valence-corrected chi connectivity index (χ2v) is 3.08. The van der Waals surface area contributed by atoms with E-state index in [9.17, 15) is 0 Å². The first-order valence-corrected chi connectivity index (χ1v) is 4.01. The lowest BCUT2D eigenvalue weighted by Gasteiger charge is -1.93. The van der Waals surface area contributed by atoms with Crippen LogP contribution in [0.25, 0.3) is 10.8 Å². The largest absolute Gasteiger partial charge is 0.471 e. The van der Waals surface area contributed by atoms with Crippen LogP contribution in [0.3, 0.4) is 0 Å². The summed E-state index contributed by atoms with van der Waals surface area (Å²) in [5.74, 6) is 0. The summed E-state index contributed by atoms with van der Waals surface area (Å²) in [7, 11) is 0. The number of benzene rings is 1. The Morgan fingerprint density at radius 1 is 1.17 bits per heavy atom. The van der Waals surface area contributed by atoms with Gasteiger partial charge in [-0.25, -0.2) is 0 Å². The van der Waals surface area contributed by atoms with E-state index in [4.69, 9.17) is 9.15 Å². The highest BCUT2D eigenvalue weighted by Gasteiger charge is 2.24. The maximum absolute atomic E-state index is 5.19. The van der Waals surface area contributed by atoms with Gasteiger partial charge in [0.1, 0.15) is 6.10 Å². The van der Waals surface area contributed by atoms with Crippen LogP contribution in [0.1, 0.15) is 11.7 Å². The van der Waals surface area contributed by atoms with E-state index in [-0.39, 0.29) is 0 Å². The third-order valence-corrected chi connectivity index (χ3v) is 2.21. The van der Waals surface area contributed by atoms with Crippen molar-refractivity contribution in [3.63, 3.8) is 0 Å². The topological polar surface area (TPSA) is 25.7 Å². The van der Waals surface area contributed by atoms with Crippen molar-refractivity contribution >= 4 is 10.8 Å². The Morgan fingerprint density at radius 3 is 2.83 bits per heavy atom. The maximum atomic E-state index is 5.19. The molecule has 3 rings (SSSR count). The molecule has 2 aromatic rings. The molecule has 0 N–H and O–H groups in total. The number of hydrogen-bond donors (Lipinski definition) is 0. The molecular weight excluding hydrogens is 152 g/mol. The second kappa shape index (κ2) is 2.11. The highest BCUT2D eigenvalue weighted by atomic mass is 16.6. The first kappa shape index (κ1) is 6.26. The summed E-state index contributed by atoms with van der Waals surface area (Å²) in [5, 5.41) is 2.31. The van der Waals surface area contributed by atoms with E-state index in [1.54, 1.807) is 12.5 Å². The van der Waals surface area contributed by atoms with Crippen molar-refractivity contribution in [2.45, 2.75) is 6.10 Å². The molecular formula is C10H8O2. The molecule has 12 heavy (non-hydrogen) atoms. The number of hydrogen-bond acceptors (Lipinski definition) is 2. The Morgan fingerprint density at radius 2 is 2.00 bits per heavy atom. The lowest BCUT2D eigenvalue weighted by atomic mass is 10.1. The average molecular weight is 160 g/mol. The zero-order valence-corrected chi connectivity index (χ0v) is 6.49. The van der Waals surface area contributed by atoms with Gasteiger partial charge in [0.25, 0.3) is 0 Å². The SMILES string of the molecule is c1cc2cocc2cc1C1CO1. The van der Waals surface area contributed by atoms with Gasteiger partial charge in [-0.1, -0.05) is 12.1 Å². The van der Waals surface area contributed by atoms with Crippen LogP contribution in [0.5, 0.6) is 0 Å². The molecule has 1 aromatic heterocycles. The van der Waals surface area contributed by atoms with Crippen molar-refractivity contribution in [2.75, 3.05) is 6.61 Å². The number of rotatable bonds is 1. The molecule has 0 spiro atoms. The smallest absolute Gasteiger partial charge is 0.106 e. The normalized spacial score (nSPS) is 21.5. The predicted molar refractivity (Wildman–Crippen MR) is 44.9 cm³/mol. The summed E-state index contributed by atoms with van der Waals surface area (Å²) in [6.45, 7) is 0.864. The van der Waals surface area contributed by atoms with E-state index in [2.05, 4.69) is 18.2 Å². The summed E-state index contributed by atoms with van der Waals surface area (Å²) < 4.78 is 10.3. The van der Waals surface area contributed by atoms with Crippen LogP contribution in [0, 0.1) is 0 Å². The summed E-state index contributed by atoms with van der Waals surface area (Å²) in [5.41, 5.74) is 1.25. The van der Waals surface area contributed by atoms with Gasteiger partial charge in [0.2, 0.25) is 0 Å². The van der Waals surface area contributed by atoms with E-state index in [0.29, 0.717) is 6.10 Å². The zero-order valence-electron chi connectivity index (χ0n) is 6.49. The van der Waals surface area contributed by atoms with Crippen LogP contribution in [0.15, 0.2) is 35.1 Å². The van der Waals surface area contributed by atoms with Gasteiger partial charge in [-0.3, -0.25) is 0 Å². The molecule has 1 aliphatic heterocycles. The van der Waals surface area contributed by atoms with Crippen molar-refractivity contribution < 1.29 is 9.15 Å². The fourth-order valence-corrected chi connectivity index (χ4v) is 1.42. The monoisotopic (exact) mass is 160 g/mol. The second-order valence-electron chi connectivity index (χ2n) is 3.08. The molecule has 0 bridgehead atoms. The van der Waals surface area contributed by atoms with E-state index < -0.39 is 0 Å². The van der Waals surface area contributed by atoms with Crippen molar-refractivity contribution in [3.05, 3.63) is 36.3 Å². The average Bonchev–Trinajstić information content (AvgIpc) is 2.84. The van der Waals surface area contributed by atoms with Crippen LogP contribution in [0.2, 0.25) is 0 Å². The van der Waals surface area contributed by atoms with Gasteiger partial charge in [-0.05, 0) is 11.6 Å². The lowest BCUT2D eigenvalue weighted by molar-refractivity contribution is 0.416. The fraction of sp³-hybridized carbons (Fsp3) is 0.200. The summed E-state index contributed by atoms with van der Waals surface area (Å²) in [6.07, 6.45) is 3.86. The molecule has 1 atom stereocenters. The van der Waals surface area contributed by atoms with Crippen LogP contribution in [-0.4, -0.2) is 6.61 Å². The Kier molecular flexibility index (Phi) is 1.10. The van der Waals surface area contributed by atoms with E-state index in [1.165, 1.54) is 5.56 Å². The molecule has 60 valence electrons. The Balaban J connectivity index is 2.21. The molecule has 1 saturated heterocycles.